The molecule has 27 heavy (non-hydrogen) atoms. The van der Waals surface area contributed by atoms with Crippen molar-refractivity contribution in [3.8, 4) is 0 Å². The number of esters is 1. The summed E-state index contributed by atoms with van der Waals surface area (Å²) in [5.74, 6) is -1.10. The predicted molar refractivity (Wildman–Crippen MR) is 106 cm³/mol. The molecule has 1 aromatic heterocycles. The van der Waals surface area contributed by atoms with Crippen LogP contribution in [-0.4, -0.2) is 33.4 Å². The molecule has 0 atom stereocenters. The molecule has 144 valence electrons. The SMILES string of the molecule is Cc1cc(Br)ccc1SCC(=O)OCC(=O)Nc1cc(=O)n(C)c(=O)n1C. The van der Waals surface area contributed by atoms with E-state index in [1.54, 1.807) is 0 Å². The molecule has 0 fully saturated rings. The molecular formula is C17H18BrN3O5S. The highest BCUT2D eigenvalue weighted by Crippen LogP contribution is 2.25. The number of anilines is 1. The first-order valence-corrected chi connectivity index (χ1v) is 9.58. The fraction of sp³-hybridized carbons (Fsp3) is 0.294. The second-order valence-electron chi connectivity index (χ2n) is 5.68. The molecular weight excluding hydrogens is 438 g/mol. The quantitative estimate of drug-likeness (QED) is 0.522. The Balaban J connectivity index is 1.87. The minimum atomic E-state index is -0.642. The van der Waals surface area contributed by atoms with Gasteiger partial charge in [-0.1, -0.05) is 15.9 Å². The van der Waals surface area contributed by atoms with Crippen LogP contribution in [0.1, 0.15) is 5.56 Å². The van der Waals surface area contributed by atoms with Gasteiger partial charge in [0.25, 0.3) is 11.5 Å². The van der Waals surface area contributed by atoms with E-state index < -0.39 is 29.7 Å². The third-order valence-electron chi connectivity index (χ3n) is 3.64. The normalized spacial score (nSPS) is 10.5. The molecule has 0 spiro atoms. The number of hydrogen-bond acceptors (Lipinski definition) is 6. The lowest BCUT2D eigenvalue weighted by Crippen LogP contribution is -2.38. The molecule has 10 heteroatoms. The highest BCUT2D eigenvalue weighted by molar-refractivity contribution is 9.10. The van der Waals surface area contributed by atoms with Crippen molar-refractivity contribution >= 4 is 45.4 Å². The van der Waals surface area contributed by atoms with Gasteiger partial charge in [0.15, 0.2) is 6.61 Å². The van der Waals surface area contributed by atoms with Crippen molar-refractivity contribution in [2.75, 3.05) is 17.7 Å². The van der Waals surface area contributed by atoms with Crippen LogP contribution >= 0.6 is 27.7 Å². The van der Waals surface area contributed by atoms with E-state index in [2.05, 4.69) is 21.2 Å². The Bertz CT molecular complexity index is 999. The minimum Gasteiger partial charge on any atom is -0.455 e. The van der Waals surface area contributed by atoms with Crippen molar-refractivity contribution in [1.82, 2.24) is 9.13 Å². The van der Waals surface area contributed by atoms with E-state index in [9.17, 15) is 19.2 Å². The number of thioether (sulfide) groups is 1. The maximum absolute atomic E-state index is 11.9. The number of halogens is 1. The monoisotopic (exact) mass is 455 g/mol. The van der Waals surface area contributed by atoms with Crippen LogP contribution in [0.2, 0.25) is 0 Å². The second-order valence-corrected chi connectivity index (χ2v) is 7.61. The van der Waals surface area contributed by atoms with E-state index in [4.69, 9.17) is 4.74 Å². The lowest BCUT2D eigenvalue weighted by atomic mass is 10.2. The number of benzene rings is 1. The number of amides is 1. The van der Waals surface area contributed by atoms with Crippen LogP contribution in [0.3, 0.4) is 0 Å². The number of rotatable bonds is 6. The van der Waals surface area contributed by atoms with Gasteiger partial charge in [-0.05, 0) is 30.7 Å². The molecule has 0 saturated heterocycles. The average Bonchev–Trinajstić information content (AvgIpc) is 2.62. The summed E-state index contributed by atoms with van der Waals surface area (Å²) < 4.78 is 7.92. The second kappa shape index (κ2) is 9.05. The molecule has 1 N–H and O–H groups in total. The topological polar surface area (TPSA) is 99.4 Å². The number of nitrogens with zero attached hydrogens (tertiary/aromatic N) is 2. The fourth-order valence-electron chi connectivity index (χ4n) is 2.13. The van der Waals surface area contributed by atoms with Crippen LogP contribution in [0.4, 0.5) is 5.82 Å². The van der Waals surface area contributed by atoms with Crippen molar-refractivity contribution in [2.24, 2.45) is 14.1 Å². The number of carbonyl (C=O) groups is 2. The van der Waals surface area contributed by atoms with Crippen LogP contribution in [0.15, 0.2) is 43.2 Å². The first-order chi connectivity index (χ1) is 12.7. The lowest BCUT2D eigenvalue weighted by molar-refractivity contribution is -0.144. The van der Waals surface area contributed by atoms with Gasteiger partial charge < -0.3 is 10.1 Å². The minimum absolute atomic E-state index is 0.0315. The van der Waals surface area contributed by atoms with E-state index >= 15 is 0 Å². The number of nitrogens with one attached hydrogen (secondary N) is 1. The maximum Gasteiger partial charge on any atom is 0.332 e. The highest BCUT2D eigenvalue weighted by atomic mass is 79.9. The van der Waals surface area contributed by atoms with Gasteiger partial charge in [-0.15, -0.1) is 11.8 Å². The first-order valence-electron chi connectivity index (χ1n) is 7.80. The molecule has 1 heterocycles. The predicted octanol–water partition coefficient (Wildman–Crippen LogP) is 1.43. The number of hydrogen-bond donors (Lipinski definition) is 1. The summed E-state index contributed by atoms with van der Waals surface area (Å²) in [4.78, 5) is 48.1. The van der Waals surface area contributed by atoms with Crippen LogP contribution < -0.4 is 16.6 Å². The smallest absolute Gasteiger partial charge is 0.332 e. The summed E-state index contributed by atoms with van der Waals surface area (Å²) >= 11 is 4.69. The van der Waals surface area contributed by atoms with Gasteiger partial charge in [-0.25, -0.2) is 4.79 Å². The molecule has 0 bridgehead atoms. The van der Waals surface area contributed by atoms with Crippen LogP contribution in [-0.2, 0) is 28.4 Å². The fourth-order valence-corrected chi connectivity index (χ4v) is 3.41. The Morgan fingerprint density at radius 2 is 1.89 bits per heavy atom. The van der Waals surface area contributed by atoms with Crippen LogP contribution in [0.25, 0.3) is 0 Å². The number of ether oxygens (including phenoxy) is 1. The van der Waals surface area contributed by atoms with E-state index in [1.807, 2.05) is 25.1 Å². The van der Waals surface area contributed by atoms with Crippen molar-refractivity contribution in [2.45, 2.75) is 11.8 Å². The molecule has 0 unspecified atom stereocenters. The maximum atomic E-state index is 11.9. The Morgan fingerprint density at radius 1 is 1.19 bits per heavy atom. The Morgan fingerprint density at radius 3 is 2.56 bits per heavy atom. The molecule has 2 aromatic rings. The molecule has 1 aromatic carbocycles. The van der Waals surface area contributed by atoms with Gasteiger partial charge in [-0.2, -0.15) is 0 Å². The van der Waals surface area contributed by atoms with Crippen molar-refractivity contribution in [3.05, 3.63) is 55.1 Å². The van der Waals surface area contributed by atoms with Crippen molar-refractivity contribution in [3.63, 3.8) is 0 Å². The molecule has 0 aliphatic carbocycles. The highest BCUT2D eigenvalue weighted by Gasteiger charge is 2.12. The Labute approximate surface area is 167 Å². The number of carbonyl (C=O) groups excluding carboxylic acids is 2. The van der Waals surface area contributed by atoms with Gasteiger partial charge in [0, 0.05) is 29.5 Å². The van der Waals surface area contributed by atoms with Gasteiger partial charge >= 0.3 is 11.7 Å². The molecule has 0 saturated carbocycles. The third-order valence-corrected chi connectivity index (χ3v) is 5.28. The lowest BCUT2D eigenvalue weighted by Gasteiger charge is -2.11. The molecule has 2 rings (SSSR count). The van der Waals surface area contributed by atoms with Crippen molar-refractivity contribution in [1.29, 1.82) is 0 Å². The van der Waals surface area contributed by atoms with E-state index in [0.29, 0.717) is 0 Å². The Kier molecular flexibility index (Phi) is 7.03. The molecule has 0 aliphatic rings. The third kappa shape index (κ3) is 5.57. The number of aryl methyl sites for hydroxylation is 1. The molecule has 0 radical (unpaired) electrons. The molecule has 1 amide bonds. The van der Waals surface area contributed by atoms with E-state index in [1.165, 1.54) is 25.9 Å². The average molecular weight is 456 g/mol. The van der Waals surface area contributed by atoms with Gasteiger partial charge in [0.05, 0.1) is 5.75 Å². The van der Waals surface area contributed by atoms with Gasteiger partial charge in [0.1, 0.15) is 5.82 Å². The summed E-state index contributed by atoms with van der Waals surface area (Å²) in [6.07, 6.45) is 0. The van der Waals surface area contributed by atoms with Crippen LogP contribution in [0.5, 0.6) is 0 Å². The Hall–Kier alpha value is -2.33. The summed E-state index contributed by atoms with van der Waals surface area (Å²) in [5.41, 5.74) is -0.103. The van der Waals surface area contributed by atoms with E-state index in [0.717, 1.165) is 30.1 Å². The zero-order valence-electron chi connectivity index (χ0n) is 14.9. The number of aromatic nitrogens is 2. The van der Waals surface area contributed by atoms with Gasteiger partial charge in [-0.3, -0.25) is 23.5 Å². The summed E-state index contributed by atoms with van der Waals surface area (Å²) in [6.45, 7) is 1.42. The standard InChI is InChI=1S/C17H18BrN3O5S/c1-10-6-11(18)4-5-12(10)27-9-16(24)26-8-14(22)19-13-7-15(23)21(3)17(25)20(13)2/h4-7H,8-9H2,1-3H3,(H,19,22). The summed E-state index contributed by atoms with van der Waals surface area (Å²) in [7, 11) is 2.75. The van der Waals surface area contributed by atoms with Crippen LogP contribution in [0, 0.1) is 6.92 Å². The summed E-state index contributed by atoms with van der Waals surface area (Å²) in [5, 5.41) is 2.39. The van der Waals surface area contributed by atoms with E-state index in [-0.39, 0.29) is 11.6 Å². The molecule has 8 nitrogen and oxygen atoms in total. The summed E-state index contributed by atoms with van der Waals surface area (Å²) in [6, 6.07) is 6.83. The van der Waals surface area contributed by atoms with Gasteiger partial charge in [0.2, 0.25) is 0 Å². The zero-order chi connectivity index (χ0) is 20.1. The zero-order valence-corrected chi connectivity index (χ0v) is 17.3. The first kappa shape index (κ1) is 21.0. The van der Waals surface area contributed by atoms with Crippen molar-refractivity contribution < 1.29 is 14.3 Å². The molecule has 0 aliphatic heterocycles. The largest absolute Gasteiger partial charge is 0.455 e.